The molecular formula is C13H22O4. The zero-order valence-corrected chi connectivity index (χ0v) is 10.5. The van der Waals surface area contributed by atoms with E-state index in [-0.39, 0.29) is 11.9 Å². The summed E-state index contributed by atoms with van der Waals surface area (Å²) >= 11 is 0. The maximum atomic E-state index is 11.8. The smallest absolute Gasteiger partial charge is 0.309 e. The van der Waals surface area contributed by atoms with Crippen LogP contribution in [0, 0.1) is 17.8 Å². The molecule has 2 bridgehead atoms. The monoisotopic (exact) mass is 242 g/mol. The van der Waals surface area contributed by atoms with Crippen LogP contribution in [0.1, 0.15) is 25.7 Å². The number of rotatable bonds is 7. The first-order valence-corrected chi connectivity index (χ1v) is 6.54. The zero-order chi connectivity index (χ0) is 12.1. The molecule has 0 N–H and O–H groups in total. The van der Waals surface area contributed by atoms with Crippen molar-refractivity contribution < 1.29 is 19.0 Å². The largest absolute Gasteiger partial charge is 0.463 e. The number of carbonyl (C=O) groups excluding carboxylic acids is 1. The van der Waals surface area contributed by atoms with Gasteiger partial charge in [0, 0.05) is 7.11 Å². The van der Waals surface area contributed by atoms with E-state index in [2.05, 4.69) is 0 Å². The first-order chi connectivity index (χ1) is 8.31. The van der Waals surface area contributed by atoms with Crippen LogP contribution in [0.15, 0.2) is 0 Å². The summed E-state index contributed by atoms with van der Waals surface area (Å²) in [6, 6.07) is 0. The normalized spacial score (nSPS) is 30.8. The predicted octanol–water partition coefficient (Wildman–Crippen LogP) is 1.63. The second-order valence-electron chi connectivity index (χ2n) is 5.05. The average Bonchev–Trinajstić information content (AvgIpc) is 2.95. The van der Waals surface area contributed by atoms with E-state index in [1.807, 2.05) is 0 Å². The molecule has 3 atom stereocenters. The minimum absolute atomic E-state index is 0.00691. The molecule has 0 aromatic rings. The summed E-state index contributed by atoms with van der Waals surface area (Å²) in [5.74, 6) is 1.55. The lowest BCUT2D eigenvalue weighted by atomic mass is 9.89. The van der Waals surface area contributed by atoms with Gasteiger partial charge in [0.05, 0.1) is 25.7 Å². The van der Waals surface area contributed by atoms with Gasteiger partial charge in [-0.05, 0) is 31.1 Å². The van der Waals surface area contributed by atoms with Gasteiger partial charge in [-0.3, -0.25) is 4.79 Å². The standard InChI is InChI=1S/C13H22O4/c1-15-4-5-16-6-7-17-13(14)12-9-10-2-3-11(12)8-10/h10-12H,2-9H2,1H3. The molecule has 2 aliphatic carbocycles. The van der Waals surface area contributed by atoms with Crippen LogP contribution in [0.5, 0.6) is 0 Å². The third-order valence-corrected chi connectivity index (χ3v) is 3.94. The van der Waals surface area contributed by atoms with Crippen LogP contribution in [0.2, 0.25) is 0 Å². The van der Waals surface area contributed by atoms with E-state index in [9.17, 15) is 4.79 Å². The Labute approximate surface area is 103 Å². The molecule has 0 radical (unpaired) electrons. The van der Waals surface area contributed by atoms with Crippen molar-refractivity contribution in [3.63, 3.8) is 0 Å². The molecule has 17 heavy (non-hydrogen) atoms. The lowest BCUT2D eigenvalue weighted by Gasteiger charge is -2.19. The highest BCUT2D eigenvalue weighted by Crippen LogP contribution is 2.48. The van der Waals surface area contributed by atoms with E-state index < -0.39 is 0 Å². The molecule has 0 heterocycles. The summed E-state index contributed by atoms with van der Waals surface area (Å²) in [6.07, 6.45) is 4.82. The highest BCUT2D eigenvalue weighted by atomic mass is 16.6. The molecule has 0 aromatic carbocycles. The topological polar surface area (TPSA) is 44.8 Å². The molecule has 0 aliphatic heterocycles. The first-order valence-electron chi connectivity index (χ1n) is 6.54. The quantitative estimate of drug-likeness (QED) is 0.503. The fraction of sp³-hybridized carbons (Fsp3) is 0.923. The van der Waals surface area contributed by atoms with Crippen LogP contribution in [0.3, 0.4) is 0 Å². The van der Waals surface area contributed by atoms with Gasteiger partial charge in [0.1, 0.15) is 6.61 Å². The Hall–Kier alpha value is -0.610. The maximum Gasteiger partial charge on any atom is 0.309 e. The maximum absolute atomic E-state index is 11.8. The zero-order valence-electron chi connectivity index (χ0n) is 10.5. The van der Waals surface area contributed by atoms with Gasteiger partial charge in [-0.2, -0.15) is 0 Å². The predicted molar refractivity (Wildman–Crippen MR) is 62.6 cm³/mol. The van der Waals surface area contributed by atoms with Crippen molar-refractivity contribution in [2.75, 3.05) is 33.5 Å². The Morgan fingerprint density at radius 2 is 1.94 bits per heavy atom. The Kier molecular flexibility index (Phi) is 4.80. The number of hydrogen-bond acceptors (Lipinski definition) is 4. The second-order valence-corrected chi connectivity index (χ2v) is 5.05. The number of hydrogen-bond donors (Lipinski definition) is 0. The molecule has 0 amide bonds. The van der Waals surface area contributed by atoms with Crippen LogP contribution in [0.25, 0.3) is 0 Å². The van der Waals surface area contributed by atoms with Crippen molar-refractivity contribution in [1.29, 1.82) is 0 Å². The molecule has 2 saturated carbocycles. The Bertz CT molecular complexity index is 254. The van der Waals surface area contributed by atoms with Gasteiger partial charge < -0.3 is 14.2 Å². The van der Waals surface area contributed by atoms with E-state index in [1.54, 1.807) is 7.11 Å². The molecule has 4 heteroatoms. The van der Waals surface area contributed by atoms with Gasteiger partial charge in [-0.25, -0.2) is 0 Å². The van der Waals surface area contributed by atoms with Crippen LogP contribution in [-0.4, -0.2) is 39.5 Å². The van der Waals surface area contributed by atoms with E-state index in [4.69, 9.17) is 14.2 Å². The van der Waals surface area contributed by atoms with Crippen LogP contribution >= 0.6 is 0 Å². The van der Waals surface area contributed by atoms with Crippen molar-refractivity contribution >= 4 is 5.97 Å². The molecule has 98 valence electrons. The first kappa shape index (κ1) is 12.8. The van der Waals surface area contributed by atoms with E-state index in [1.165, 1.54) is 19.3 Å². The second kappa shape index (κ2) is 6.36. The molecule has 0 saturated heterocycles. The number of esters is 1. The van der Waals surface area contributed by atoms with Crippen molar-refractivity contribution in [2.45, 2.75) is 25.7 Å². The van der Waals surface area contributed by atoms with E-state index in [0.29, 0.717) is 32.3 Å². The van der Waals surface area contributed by atoms with Gasteiger partial charge in [-0.15, -0.1) is 0 Å². The van der Waals surface area contributed by atoms with Gasteiger partial charge in [-0.1, -0.05) is 6.42 Å². The van der Waals surface area contributed by atoms with Crippen molar-refractivity contribution in [3.8, 4) is 0 Å². The summed E-state index contributed by atoms with van der Waals surface area (Å²) in [6.45, 7) is 1.98. The highest BCUT2D eigenvalue weighted by molar-refractivity contribution is 5.73. The third-order valence-electron chi connectivity index (χ3n) is 3.94. The summed E-state index contributed by atoms with van der Waals surface area (Å²) in [7, 11) is 1.64. The summed E-state index contributed by atoms with van der Waals surface area (Å²) in [5, 5.41) is 0. The Balaban J connectivity index is 1.55. The lowest BCUT2D eigenvalue weighted by Crippen LogP contribution is -2.24. The summed E-state index contributed by atoms with van der Waals surface area (Å²) in [5.41, 5.74) is 0. The minimum atomic E-state index is -0.00691. The van der Waals surface area contributed by atoms with Crippen molar-refractivity contribution in [2.24, 2.45) is 17.8 Å². The molecule has 3 unspecified atom stereocenters. The molecule has 0 aromatic heterocycles. The van der Waals surface area contributed by atoms with Crippen LogP contribution in [0.4, 0.5) is 0 Å². The fourth-order valence-electron chi connectivity index (χ4n) is 3.09. The highest BCUT2D eigenvalue weighted by Gasteiger charge is 2.43. The van der Waals surface area contributed by atoms with Gasteiger partial charge >= 0.3 is 5.97 Å². The number of ether oxygens (including phenoxy) is 3. The van der Waals surface area contributed by atoms with Gasteiger partial charge in [0.25, 0.3) is 0 Å². The molecule has 2 fully saturated rings. The molecular weight excluding hydrogens is 220 g/mol. The van der Waals surface area contributed by atoms with E-state index >= 15 is 0 Å². The van der Waals surface area contributed by atoms with Gasteiger partial charge in [0.2, 0.25) is 0 Å². The summed E-state index contributed by atoms with van der Waals surface area (Å²) < 4.78 is 15.4. The Morgan fingerprint density at radius 3 is 2.59 bits per heavy atom. The molecule has 0 spiro atoms. The molecule has 2 rings (SSSR count). The third kappa shape index (κ3) is 3.42. The molecule has 4 nitrogen and oxygen atoms in total. The Morgan fingerprint density at radius 1 is 1.12 bits per heavy atom. The SMILES string of the molecule is COCCOCCOC(=O)C1CC2CCC1C2. The fourth-order valence-corrected chi connectivity index (χ4v) is 3.09. The van der Waals surface area contributed by atoms with Crippen molar-refractivity contribution in [1.82, 2.24) is 0 Å². The van der Waals surface area contributed by atoms with Gasteiger partial charge in [0.15, 0.2) is 0 Å². The number of carbonyl (C=O) groups is 1. The van der Waals surface area contributed by atoms with Crippen molar-refractivity contribution in [3.05, 3.63) is 0 Å². The van der Waals surface area contributed by atoms with Crippen LogP contribution < -0.4 is 0 Å². The molecule has 2 aliphatic rings. The number of fused-ring (bicyclic) bond motifs is 2. The average molecular weight is 242 g/mol. The minimum Gasteiger partial charge on any atom is -0.463 e. The van der Waals surface area contributed by atoms with E-state index in [0.717, 1.165) is 12.3 Å². The lowest BCUT2D eigenvalue weighted by molar-refractivity contribution is -0.152. The van der Waals surface area contributed by atoms with Crippen LogP contribution in [-0.2, 0) is 19.0 Å². The number of methoxy groups -OCH3 is 1. The summed E-state index contributed by atoms with van der Waals surface area (Å²) in [4.78, 5) is 11.8.